The lowest BCUT2D eigenvalue weighted by Crippen LogP contribution is -2.31. The van der Waals surface area contributed by atoms with Crippen LogP contribution in [-0.4, -0.2) is 25.6 Å². The van der Waals surface area contributed by atoms with Gasteiger partial charge in [0.15, 0.2) is 0 Å². The summed E-state index contributed by atoms with van der Waals surface area (Å²) < 4.78 is 5.52. The molecule has 0 aromatic heterocycles. The van der Waals surface area contributed by atoms with Gasteiger partial charge in [0.05, 0.1) is 0 Å². The second-order valence-corrected chi connectivity index (χ2v) is 5.18. The fraction of sp³-hybridized carbons (Fsp3) is 0.533. The molecule has 104 valence electrons. The van der Waals surface area contributed by atoms with E-state index >= 15 is 0 Å². The van der Waals surface area contributed by atoms with Crippen LogP contribution in [-0.2, 0) is 4.79 Å². The van der Waals surface area contributed by atoms with Crippen LogP contribution in [0, 0.1) is 5.92 Å². The molecular formula is C15H22N2O2. The molecule has 2 unspecified atom stereocenters. The molecule has 0 fully saturated rings. The monoisotopic (exact) mass is 262 g/mol. The number of rotatable bonds is 6. The number of nitrogens with one attached hydrogen (secondary N) is 1. The summed E-state index contributed by atoms with van der Waals surface area (Å²) >= 11 is 0. The number of carbonyl (C=O) groups is 1. The van der Waals surface area contributed by atoms with Crippen LogP contribution in [0.1, 0.15) is 31.2 Å². The first-order valence-electron chi connectivity index (χ1n) is 6.92. The van der Waals surface area contributed by atoms with Gasteiger partial charge in [0.25, 0.3) is 0 Å². The van der Waals surface area contributed by atoms with E-state index in [1.54, 1.807) is 0 Å². The van der Waals surface area contributed by atoms with E-state index in [4.69, 9.17) is 10.5 Å². The minimum atomic E-state index is -0.164. The number of amides is 1. The molecule has 4 nitrogen and oxygen atoms in total. The summed E-state index contributed by atoms with van der Waals surface area (Å²) in [5.74, 6) is 1.25. The highest BCUT2D eigenvalue weighted by Crippen LogP contribution is 2.33. The van der Waals surface area contributed by atoms with Gasteiger partial charge in [0.1, 0.15) is 18.3 Å². The predicted octanol–water partition coefficient (Wildman–Crippen LogP) is 1.65. The zero-order chi connectivity index (χ0) is 13.7. The predicted molar refractivity (Wildman–Crippen MR) is 75.1 cm³/mol. The van der Waals surface area contributed by atoms with E-state index in [-0.39, 0.29) is 11.8 Å². The van der Waals surface area contributed by atoms with Gasteiger partial charge >= 0.3 is 0 Å². The summed E-state index contributed by atoms with van der Waals surface area (Å²) in [6.07, 6.45) is 2.02. The van der Waals surface area contributed by atoms with Gasteiger partial charge in [-0.15, -0.1) is 0 Å². The molecule has 1 aromatic rings. The molecule has 19 heavy (non-hydrogen) atoms. The van der Waals surface area contributed by atoms with Crippen LogP contribution in [0.5, 0.6) is 5.75 Å². The highest BCUT2D eigenvalue weighted by Gasteiger charge is 2.29. The smallest absolute Gasteiger partial charge is 0.231 e. The maximum atomic E-state index is 12.1. The van der Waals surface area contributed by atoms with E-state index in [2.05, 4.69) is 12.2 Å². The van der Waals surface area contributed by atoms with Gasteiger partial charge in [-0.2, -0.15) is 0 Å². The first-order valence-corrected chi connectivity index (χ1v) is 6.92. The van der Waals surface area contributed by atoms with E-state index in [9.17, 15) is 4.79 Å². The summed E-state index contributed by atoms with van der Waals surface area (Å²) in [4.78, 5) is 12.1. The molecule has 1 heterocycles. The quantitative estimate of drug-likeness (QED) is 0.766. The van der Waals surface area contributed by atoms with Crippen molar-refractivity contribution in [1.29, 1.82) is 0 Å². The highest BCUT2D eigenvalue weighted by atomic mass is 16.5. The van der Waals surface area contributed by atoms with Crippen LogP contribution < -0.4 is 15.8 Å². The summed E-state index contributed by atoms with van der Waals surface area (Å²) in [6.45, 7) is 3.99. The Bertz CT molecular complexity index is 434. The fourth-order valence-electron chi connectivity index (χ4n) is 2.28. The van der Waals surface area contributed by atoms with Crippen molar-refractivity contribution in [3.8, 4) is 5.75 Å². The topological polar surface area (TPSA) is 64.3 Å². The average molecular weight is 262 g/mol. The number of hydrogen-bond donors (Lipinski definition) is 2. The van der Waals surface area contributed by atoms with Crippen LogP contribution in [0.15, 0.2) is 24.3 Å². The highest BCUT2D eigenvalue weighted by molar-refractivity contribution is 5.85. The normalized spacial score (nSPS) is 18.5. The minimum Gasteiger partial charge on any atom is -0.492 e. The number of para-hydroxylation sites is 1. The Morgan fingerprint density at radius 3 is 3.11 bits per heavy atom. The molecular weight excluding hydrogens is 240 g/mol. The molecule has 0 saturated heterocycles. The van der Waals surface area contributed by atoms with Crippen LogP contribution in [0.3, 0.4) is 0 Å². The Kier molecular flexibility index (Phi) is 4.80. The largest absolute Gasteiger partial charge is 0.492 e. The van der Waals surface area contributed by atoms with E-state index < -0.39 is 0 Å². The number of ether oxygens (including phenoxy) is 1. The zero-order valence-electron chi connectivity index (χ0n) is 11.4. The van der Waals surface area contributed by atoms with Crippen molar-refractivity contribution in [3.63, 3.8) is 0 Å². The molecule has 0 bridgehead atoms. The number of fused-ring (bicyclic) bond motifs is 1. The van der Waals surface area contributed by atoms with Crippen molar-refractivity contribution in [2.45, 2.75) is 25.7 Å². The van der Waals surface area contributed by atoms with Gasteiger partial charge in [-0.3, -0.25) is 4.79 Å². The van der Waals surface area contributed by atoms with E-state index in [1.165, 1.54) is 0 Å². The standard InChI is InChI=1S/C15H22N2O2/c1-11(9-16)5-4-8-17-15(18)13-10-19-14-7-3-2-6-12(13)14/h2-3,6-7,11,13H,4-5,8-10,16H2,1H3,(H,17,18). The maximum absolute atomic E-state index is 12.1. The Morgan fingerprint density at radius 1 is 1.53 bits per heavy atom. The first kappa shape index (κ1) is 13.9. The number of carbonyl (C=O) groups excluding carboxylic acids is 1. The lowest BCUT2D eigenvalue weighted by Gasteiger charge is -2.11. The molecule has 2 rings (SSSR count). The van der Waals surface area contributed by atoms with Crippen molar-refractivity contribution in [2.75, 3.05) is 19.7 Å². The third-order valence-corrected chi connectivity index (χ3v) is 3.59. The van der Waals surface area contributed by atoms with Crippen molar-refractivity contribution in [1.82, 2.24) is 5.32 Å². The Balaban J connectivity index is 1.79. The Morgan fingerprint density at radius 2 is 2.32 bits per heavy atom. The SMILES string of the molecule is CC(CN)CCCNC(=O)C1COc2ccccc21. The lowest BCUT2D eigenvalue weighted by molar-refractivity contribution is -0.122. The fourth-order valence-corrected chi connectivity index (χ4v) is 2.28. The van der Waals surface area contributed by atoms with Crippen molar-refractivity contribution in [2.24, 2.45) is 11.7 Å². The van der Waals surface area contributed by atoms with E-state index in [0.29, 0.717) is 25.6 Å². The van der Waals surface area contributed by atoms with Gasteiger partial charge in [0.2, 0.25) is 5.91 Å². The second kappa shape index (κ2) is 6.57. The molecule has 0 aliphatic carbocycles. The van der Waals surface area contributed by atoms with Crippen LogP contribution in [0.4, 0.5) is 0 Å². The summed E-state index contributed by atoms with van der Waals surface area (Å²) in [5, 5.41) is 2.99. The van der Waals surface area contributed by atoms with Crippen molar-refractivity contribution >= 4 is 5.91 Å². The summed E-state index contributed by atoms with van der Waals surface area (Å²) in [5.41, 5.74) is 6.56. The zero-order valence-corrected chi connectivity index (χ0v) is 11.4. The van der Waals surface area contributed by atoms with E-state index in [1.807, 2.05) is 24.3 Å². The molecule has 1 amide bonds. The van der Waals surface area contributed by atoms with Crippen molar-refractivity contribution < 1.29 is 9.53 Å². The van der Waals surface area contributed by atoms with Crippen LogP contribution >= 0.6 is 0 Å². The number of nitrogens with two attached hydrogens (primary N) is 1. The van der Waals surface area contributed by atoms with Gasteiger partial charge in [-0.1, -0.05) is 25.1 Å². The minimum absolute atomic E-state index is 0.0605. The second-order valence-electron chi connectivity index (χ2n) is 5.18. The number of hydrogen-bond acceptors (Lipinski definition) is 3. The molecule has 1 aromatic carbocycles. The van der Waals surface area contributed by atoms with Gasteiger partial charge < -0.3 is 15.8 Å². The summed E-state index contributed by atoms with van der Waals surface area (Å²) in [7, 11) is 0. The molecule has 4 heteroatoms. The molecule has 0 spiro atoms. The van der Waals surface area contributed by atoms with Gasteiger partial charge in [-0.25, -0.2) is 0 Å². The van der Waals surface area contributed by atoms with Crippen molar-refractivity contribution in [3.05, 3.63) is 29.8 Å². The lowest BCUT2D eigenvalue weighted by atomic mass is 10.0. The third-order valence-electron chi connectivity index (χ3n) is 3.59. The van der Waals surface area contributed by atoms with Gasteiger partial charge in [0, 0.05) is 12.1 Å². The van der Waals surface area contributed by atoms with Gasteiger partial charge in [-0.05, 0) is 31.4 Å². The molecule has 0 saturated carbocycles. The molecule has 1 aliphatic rings. The maximum Gasteiger partial charge on any atom is 0.231 e. The van der Waals surface area contributed by atoms with Crippen LogP contribution in [0.25, 0.3) is 0 Å². The Hall–Kier alpha value is -1.55. The molecule has 2 atom stereocenters. The number of benzene rings is 1. The third kappa shape index (κ3) is 3.47. The summed E-state index contributed by atoms with van der Waals surface area (Å²) in [6, 6.07) is 7.73. The van der Waals surface area contributed by atoms with E-state index in [0.717, 1.165) is 24.2 Å². The first-order chi connectivity index (χ1) is 9.22. The molecule has 0 radical (unpaired) electrons. The molecule has 1 aliphatic heterocycles. The Labute approximate surface area is 114 Å². The van der Waals surface area contributed by atoms with Crippen LogP contribution in [0.2, 0.25) is 0 Å². The average Bonchev–Trinajstić information content (AvgIpc) is 2.87. The molecule has 3 N–H and O–H groups in total.